The van der Waals surface area contributed by atoms with Crippen LogP contribution in [0.3, 0.4) is 0 Å². The predicted molar refractivity (Wildman–Crippen MR) is 65.5 cm³/mol. The molecule has 0 spiro atoms. The van der Waals surface area contributed by atoms with Gasteiger partial charge in [-0.3, -0.25) is 0 Å². The van der Waals surface area contributed by atoms with Gasteiger partial charge in [0.2, 0.25) is 0 Å². The minimum atomic E-state index is -0.924. The third-order valence-electron chi connectivity index (χ3n) is 1.82. The van der Waals surface area contributed by atoms with Crippen molar-refractivity contribution in [3.05, 3.63) is 39.9 Å². The van der Waals surface area contributed by atoms with Gasteiger partial charge in [-0.2, -0.15) is 0 Å². The Morgan fingerprint density at radius 1 is 1.53 bits per heavy atom. The second-order valence-corrected chi connectivity index (χ2v) is 4.15. The van der Waals surface area contributed by atoms with Crippen LogP contribution >= 0.6 is 27.5 Å². The average molecular weight is 290 g/mol. The van der Waals surface area contributed by atoms with Crippen LogP contribution in [0.1, 0.15) is 22.3 Å². The Kier molecular flexibility index (Phi) is 4.85. The summed E-state index contributed by atoms with van der Waals surface area (Å²) >= 11 is 8.85. The summed E-state index contributed by atoms with van der Waals surface area (Å²) in [5.74, 6) is -0.339. The van der Waals surface area contributed by atoms with Crippen LogP contribution in [0.4, 0.5) is 0 Å². The Hall–Kier alpha value is -0.800. The molecule has 0 aliphatic heterocycles. The lowest BCUT2D eigenvalue weighted by Crippen LogP contribution is -1.95. The van der Waals surface area contributed by atoms with Gasteiger partial charge < -0.3 is 5.11 Å². The highest BCUT2D eigenvalue weighted by Crippen LogP contribution is 2.20. The van der Waals surface area contributed by atoms with E-state index in [2.05, 4.69) is 15.9 Å². The van der Waals surface area contributed by atoms with Gasteiger partial charge in [-0.1, -0.05) is 34.1 Å². The molecule has 0 aromatic heterocycles. The van der Waals surface area contributed by atoms with Crippen molar-refractivity contribution < 1.29 is 9.90 Å². The summed E-state index contributed by atoms with van der Waals surface area (Å²) in [7, 11) is 0. The lowest BCUT2D eigenvalue weighted by Gasteiger charge is -2.00. The first-order valence-electron chi connectivity index (χ1n) is 4.40. The Labute approximate surface area is 102 Å². The molecule has 0 saturated heterocycles. The number of rotatable bonds is 4. The fourth-order valence-electron chi connectivity index (χ4n) is 1.07. The summed E-state index contributed by atoms with van der Waals surface area (Å²) in [4.78, 5) is 10.7. The standard InChI is InChI=1S/C11H10BrClO2/c12-10-7-9(11(14)15)5-4-8(10)3-1-2-6-13/h1,3-5,7H,2,6H2,(H,14,15). The molecule has 0 saturated carbocycles. The molecule has 0 aliphatic rings. The second-order valence-electron chi connectivity index (χ2n) is 2.92. The maximum Gasteiger partial charge on any atom is 0.335 e. The highest BCUT2D eigenvalue weighted by molar-refractivity contribution is 9.10. The van der Waals surface area contributed by atoms with E-state index in [-0.39, 0.29) is 5.56 Å². The van der Waals surface area contributed by atoms with E-state index in [1.807, 2.05) is 12.2 Å². The monoisotopic (exact) mass is 288 g/mol. The average Bonchev–Trinajstić information content (AvgIpc) is 2.20. The van der Waals surface area contributed by atoms with E-state index in [0.717, 1.165) is 16.5 Å². The first-order valence-corrected chi connectivity index (χ1v) is 5.73. The number of hydrogen-bond acceptors (Lipinski definition) is 1. The Bertz CT molecular complexity index is 388. The summed E-state index contributed by atoms with van der Waals surface area (Å²) < 4.78 is 0.772. The van der Waals surface area contributed by atoms with Crippen LogP contribution in [0.5, 0.6) is 0 Å². The van der Waals surface area contributed by atoms with Crippen molar-refractivity contribution in [2.75, 3.05) is 5.88 Å². The SMILES string of the molecule is O=C(O)c1ccc(C=CCCCl)c(Br)c1. The zero-order valence-electron chi connectivity index (χ0n) is 7.91. The fraction of sp³-hybridized carbons (Fsp3) is 0.182. The Morgan fingerprint density at radius 2 is 2.27 bits per heavy atom. The number of halogens is 2. The molecule has 1 aromatic carbocycles. The number of benzene rings is 1. The molecule has 0 radical (unpaired) electrons. The topological polar surface area (TPSA) is 37.3 Å². The van der Waals surface area contributed by atoms with Gasteiger partial charge in [-0.25, -0.2) is 4.79 Å². The van der Waals surface area contributed by atoms with Crippen LogP contribution in [0.2, 0.25) is 0 Å². The summed E-state index contributed by atoms with van der Waals surface area (Å²) in [6.07, 6.45) is 4.67. The Morgan fingerprint density at radius 3 is 2.80 bits per heavy atom. The molecule has 1 N–H and O–H groups in total. The van der Waals surface area contributed by atoms with Crippen molar-refractivity contribution in [1.29, 1.82) is 0 Å². The van der Waals surface area contributed by atoms with Gasteiger partial charge in [0.1, 0.15) is 0 Å². The molecule has 2 nitrogen and oxygen atoms in total. The summed E-state index contributed by atoms with van der Waals surface area (Å²) in [5.41, 5.74) is 1.22. The van der Waals surface area contributed by atoms with E-state index in [1.54, 1.807) is 18.2 Å². The molecule has 0 unspecified atom stereocenters. The van der Waals surface area contributed by atoms with Gasteiger partial charge >= 0.3 is 5.97 Å². The van der Waals surface area contributed by atoms with Crippen LogP contribution in [0.25, 0.3) is 6.08 Å². The molecule has 0 fully saturated rings. The lowest BCUT2D eigenvalue weighted by molar-refractivity contribution is 0.0697. The molecule has 0 heterocycles. The number of allylic oxidation sites excluding steroid dienone is 1. The summed E-state index contributed by atoms with van der Waals surface area (Å²) in [5, 5.41) is 8.76. The molecule has 4 heteroatoms. The number of carboxylic acid groups (broad SMARTS) is 1. The molecule has 15 heavy (non-hydrogen) atoms. The number of carboxylic acids is 1. The summed E-state index contributed by atoms with van der Waals surface area (Å²) in [6, 6.07) is 4.93. The van der Waals surface area contributed by atoms with Gasteiger partial charge in [0.25, 0.3) is 0 Å². The van der Waals surface area contributed by atoms with Crippen LogP contribution < -0.4 is 0 Å². The third-order valence-corrected chi connectivity index (χ3v) is 2.73. The zero-order chi connectivity index (χ0) is 11.3. The highest BCUT2D eigenvalue weighted by Gasteiger charge is 2.04. The molecule has 0 aliphatic carbocycles. The molecule has 1 aromatic rings. The molecule has 0 amide bonds. The van der Waals surface area contributed by atoms with Gasteiger partial charge in [0.15, 0.2) is 0 Å². The van der Waals surface area contributed by atoms with Crippen LogP contribution in [0, 0.1) is 0 Å². The normalized spacial score (nSPS) is 10.8. The molecular weight excluding hydrogens is 279 g/mol. The predicted octanol–water partition coefficient (Wildman–Crippen LogP) is 3.79. The molecule has 0 bridgehead atoms. The van der Waals surface area contributed by atoms with Crippen molar-refractivity contribution in [2.45, 2.75) is 6.42 Å². The number of alkyl halides is 1. The first-order chi connectivity index (χ1) is 7.15. The minimum Gasteiger partial charge on any atom is -0.478 e. The van der Waals surface area contributed by atoms with Crippen LogP contribution in [0.15, 0.2) is 28.7 Å². The number of carbonyl (C=O) groups is 1. The maximum atomic E-state index is 10.7. The smallest absolute Gasteiger partial charge is 0.335 e. The van der Waals surface area contributed by atoms with Gasteiger partial charge in [0.05, 0.1) is 5.56 Å². The van der Waals surface area contributed by atoms with E-state index < -0.39 is 5.97 Å². The second kappa shape index (κ2) is 5.93. The van der Waals surface area contributed by atoms with E-state index in [4.69, 9.17) is 16.7 Å². The van der Waals surface area contributed by atoms with Crippen molar-refractivity contribution in [3.8, 4) is 0 Å². The van der Waals surface area contributed by atoms with E-state index in [9.17, 15) is 4.79 Å². The van der Waals surface area contributed by atoms with Crippen molar-refractivity contribution in [3.63, 3.8) is 0 Å². The van der Waals surface area contributed by atoms with Gasteiger partial charge in [0, 0.05) is 10.4 Å². The van der Waals surface area contributed by atoms with E-state index in [0.29, 0.717) is 5.88 Å². The van der Waals surface area contributed by atoms with Gasteiger partial charge in [-0.05, 0) is 24.1 Å². The van der Waals surface area contributed by atoms with Crippen molar-refractivity contribution in [2.24, 2.45) is 0 Å². The van der Waals surface area contributed by atoms with E-state index in [1.165, 1.54) is 0 Å². The molecule has 1 rings (SSSR count). The fourth-order valence-corrected chi connectivity index (χ4v) is 1.71. The quantitative estimate of drug-likeness (QED) is 0.856. The van der Waals surface area contributed by atoms with Crippen molar-refractivity contribution in [1.82, 2.24) is 0 Å². The highest BCUT2D eigenvalue weighted by atomic mass is 79.9. The van der Waals surface area contributed by atoms with Crippen LogP contribution in [-0.4, -0.2) is 17.0 Å². The first kappa shape index (κ1) is 12.3. The van der Waals surface area contributed by atoms with E-state index >= 15 is 0 Å². The zero-order valence-corrected chi connectivity index (χ0v) is 10.3. The number of hydrogen-bond donors (Lipinski definition) is 1. The Balaban J connectivity index is 2.88. The van der Waals surface area contributed by atoms with Gasteiger partial charge in [-0.15, -0.1) is 11.6 Å². The lowest BCUT2D eigenvalue weighted by atomic mass is 10.1. The van der Waals surface area contributed by atoms with Crippen LogP contribution in [-0.2, 0) is 0 Å². The largest absolute Gasteiger partial charge is 0.478 e. The maximum absolute atomic E-state index is 10.7. The third kappa shape index (κ3) is 3.68. The molecule has 0 atom stereocenters. The van der Waals surface area contributed by atoms with Crippen molar-refractivity contribution >= 4 is 39.6 Å². The number of aromatic carboxylic acids is 1. The molecular formula is C11H10BrClO2. The minimum absolute atomic E-state index is 0.274. The molecule has 80 valence electrons. The summed E-state index contributed by atoms with van der Waals surface area (Å²) in [6.45, 7) is 0.